The zero-order valence-corrected chi connectivity index (χ0v) is 17.9. The molecule has 31 heavy (non-hydrogen) atoms. The number of carbonyl (C=O) groups is 1. The predicted molar refractivity (Wildman–Crippen MR) is 125 cm³/mol. The Hall–Kier alpha value is -3.44. The molecule has 3 aromatic carbocycles. The van der Waals surface area contributed by atoms with E-state index in [4.69, 9.17) is 26.8 Å². The molecule has 0 bridgehead atoms. The van der Waals surface area contributed by atoms with Gasteiger partial charge < -0.3 is 20.5 Å². The standard InChI is InChI=1S/C25H23ClN2O3/c1-30-24-13-16(22(26)14-23(24)27)7-6-12-28-25(29)31-15-21-19-10-4-2-8-17(19)18-9-3-5-11-20(18)21/h2-11,13-14,21H,12,15,27H2,1H3,(H,28,29). The third-order valence-electron chi connectivity index (χ3n) is 5.35. The summed E-state index contributed by atoms with van der Waals surface area (Å²) in [6.45, 7) is 0.588. The molecular formula is C25H23ClN2O3. The molecule has 1 amide bonds. The van der Waals surface area contributed by atoms with Gasteiger partial charge in [0, 0.05) is 12.5 Å². The summed E-state index contributed by atoms with van der Waals surface area (Å²) in [6, 6.07) is 19.9. The molecule has 1 aliphatic carbocycles. The van der Waals surface area contributed by atoms with Crippen LogP contribution < -0.4 is 15.8 Å². The minimum Gasteiger partial charge on any atom is -0.495 e. The molecule has 5 nitrogen and oxygen atoms in total. The second-order valence-corrected chi connectivity index (χ2v) is 7.63. The van der Waals surface area contributed by atoms with Gasteiger partial charge in [-0.3, -0.25) is 0 Å². The van der Waals surface area contributed by atoms with Gasteiger partial charge in [-0.05, 0) is 39.9 Å². The van der Waals surface area contributed by atoms with Gasteiger partial charge in [-0.15, -0.1) is 0 Å². The van der Waals surface area contributed by atoms with Crippen molar-refractivity contribution in [2.45, 2.75) is 5.92 Å². The Kier molecular flexibility index (Phi) is 6.14. The molecule has 0 aromatic heterocycles. The quantitative estimate of drug-likeness (QED) is 0.503. The van der Waals surface area contributed by atoms with Crippen LogP contribution in [0, 0.1) is 0 Å². The Morgan fingerprint density at radius 3 is 2.39 bits per heavy atom. The van der Waals surface area contributed by atoms with Crippen molar-refractivity contribution in [1.82, 2.24) is 5.32 Å². The maximum atomic E-state index is 12.2. The van der Waals surface area contributed by atoms with E-state index in [1.807, 2.05) is 24.3 Å². The molecule has 3 aromatic rings. The number of amides is 1. The number of halogens is 1. The smallest absolute Gasteiger partial charge is 0.407 e. The Bertz CT molecular complexity index is 1100. The molecule has 0 atom stereocenters. The average Bonchev–Trinajstić information content (AvgIpc) is 3.10. The fraction of sp³-hybridized carbons (Fsp3) is 0.160. The van der Waals surface area contributed by atoms with Crippen LogP contribution in [0.1, 0.15) is 22.6 Å². The van der Waals surface area contributed by atoms with E-state index in [2.05, 4.69) is 29.6 Å². The summed E-state index contributed by atoms with van der Waals surface area (Å²) in [7, 11) is 1.55. The molecule has 0 spiro atoms. The maximum Gasteiger partial charge on any atom is 0.407 e. The van der Waals surface area contributed by atoms with Gasteiger partial charge >= 0.3 is 6.09 Å². The normalized spacial score (nSPS) is 12.5. The minimum absolute atomic E-state index is 0.0368. The summed E-state index contributed by atoms with van der Waals surface area (Å²) in [5.41, 5.74) is 11.8. The van der Waals surface area contributed by atoms with E-state index in [1.54, 1.807) is 31.4 Å². The number of rotatable bonds is 6. The van der Waals surface area contributed by atoms with Crippen molar-refractivity contribution >= 4 is 29.5 Å². The highest BCUT2D eigenvalue weighted by Crippen LogP contribution is 2.44. The number of alkyl carbamates (subject to hydrolysis) is 1. The summed E-state index contributed by atoms with van der Waals surface area (Å²) in [5.74, 6) is 0.586. The molecule has 4 rings (SSSR count). The predicted octanol–water partition coefficient (Wildman–Crippen LogP) is 5.48. The highest BCUT2D eigenvalue weighted by atomic mass is 35.5. The largest absolute Gasteiger partial charge is 0.495 e. The number of benzene rings is 3. The van der Waals surface area contributed by atoms with Gasteiger partial charge in [0.2, 0.25) is 0 Å². The van der Waals surface area contributed by atoms with Gasteiger partial charge in [-0.1, -0.05) is 72.3 Å². The first-order valence-electron chi connectivity index (χ1n) is 9.97. The van der Waals surface area contributed by atoms with Crippen LogP contribution in [0.3, 0.4) is 0 Å². The fourth-order valence-electron chi connectivity index (χ4n) is 3.87. The number of ether oxygens (including phenoxy) is 2. The lowest BCUT2D eigenvalue weighted by Crippen LogP contribution is -2.26. The molecular weight excluding hydrogens is 412 g/mol. The molecule has 0 unspecified atom stereocenters. The average molecular weight is 435 g/mol. The third-order valence-corrected chi connectivity index (χ3v) is 5.68. The molecule has 0 heterocycles. The zero-order chi connectivity index (χ0) is 21.8. The molecule has 6 heteroatoms. The van der Waals surface area contributed by atoms with Crippen molar-refractivity contribution in [3.8, 4) is 16.9 Å². The second kappa shape index (κ2) is 9.14. The SMILES string of the molecule is COc1cc(C=CCNC(=O)OCC2c3ccccc3-c3ccccc32)c(Cl)cc1N. The lowest BCUT2D eigenvalue weighted by Gasteiger charge is -2.14. The number of anilines is 1. The number of fused-ring (bicyclic) bond motifs is 3. The highest BCUT2D eigenvalue weighted by Gasteiger charge is 2.28. The Balaban J connectivity index is 1.34. The van der Waals surface area contributed by atoms with E-state index < -0.39 is 6.09 Å². The van der Waals surface area contributed by atoms with Gasteiger partial charge in [0.05, 0.1) is 17.8 Å². The Morgan fingerprint density at radius 2 is 1.74 bits per heavy atom. The number of nitrogen functional groups attached to an aromatic ring is 1. The summed E-state index contributed by atoms with van der Waals surface area (Å²) >= 11 is 6.21. The maximum absolute atomic E-state index is 12.2. The van der Waals surface area contributed by atoms with Crippen LogP contribution in [0.15, 0.2) is 66.7 Å². The van der Waals surface area contributed by atoms with E-state index in [-0.39, 0.29) is 12.5 Å². The number of carbonyl (C=O) groups excluding carboxylic acids is 1. The molecule has 0 saturated heterocycles. The molecule has 1 aliphatic rings. The third kappa shape index (κ3) is 4.37. The van der Waals surface area contributed by atoms with Gasteiger partial charge in [0.1, 0.15) is 12.4 Å². The first-order chi connectivity index (χ1) is 15.1. The summed E-state index contributed by atoms with van der Waals surface area (Å²) in [5, 5.41) is 3.25. The number of hydrogen-bond donors (Lipinski definition) is 2. The van der Waals surface area contributed by atoms with Crippen LogP contribution in [0.4, 0.5) is 10.5 Å². The number of nitrogens with one attached hydrogen (secondary N) is 1. The second-order valence-electron chi connectivity index (χ2n) is 7.22. The van der Waals surface area contributed by atoms with Crippen LogP contribution >= 0.6 is 11.6 Å². The van der Waals surface area contributed by atoms with Crippen molar-refractivity contribution in [1.29, 1.82) is 0 Å². The van der Waals surface area contributed by atoms with Crippen molar-refractivity contribution < 1.29 is 14.3 Å². The molecule has 3 N–H and O–H groups in total. The van der Waals surface area contributed by atoms with Crippen LogP contribution in [0.2, 0.25) is 5.02 Å². The Morgan fingerprint density at radius 1 is 1.10 bits per heavy atom. The summed E-state index contributed by atoms with van der Waals surface area (Å²) in [6.07, 6.45) is 3.12. The lowest BCUT2D eigenvalue weighted by atomic mass is 9.98. The zero-order valence-electron chi connectivity index (χ0n) is 17.1. The van der Waals surface area contributed by atoms with Gasteiger partial charge in [0.25, 0.3) is 0 Å². The summed E-state index contributed by atoms with van der Waals surface area (Å²) in [4.78, 5) is 12.2. The molecule has 0 fully saturated rings. The first kappa shape index (κ1) is 20.8. The minimum atomic E-state index is -0.465. The van der Waals surface area contributed by atoms with E-state index in [0.29, 0.717) is 23.0 Å². The molecule has 0 aliphatic heterocycles. The molecule has 0 radical (unpaired) electrons. The monoisotopic (exact) mass is 434 g/mol. The van der Waals surface area contributed by atoms with Crippen molar-refractivity contribution in [2.75, 3.05) is 26.0 Å². The van der Waals surface area contributed by atoms with Crippen LogP contribution in [-0.2, 0) is 4.74 Å². The lowest BCUT2D eigenvalue weighted by molar-refractivity contribution is 0.144. The molecule has 158 valence electrons. The fourth-order valence-corrected chi connectivity index (χ4v) is 4.10. The van der Waals surface area contributed by atoms with Crippen molar-refractivity contribution in [2.24, 2.45) is 0 Å². The highest BCUT2D eigenvalue weighted by molar-refractivity contribution is 6.32. The van der Waals surface area contributed by atoms with E-state index in [0.717, 1.165) is 5.56 Å². The van der Waals surface area contributed by atoms with Crippen LogP contribution in [-0.4, -0.2) is 26.4 Å². The van der Waals surface area contributed by atoms with Gasteiger partial charge in [-0.25, -0.2) is 4.79 Å². The number of nitrogens with two attached hydrogens (primary N) is 1. The first-order valence-corrected chi connectivity index (χ1v) is 10.3. The van der Waals surface area contributed by atoms with Crippen molar-refractivity contribution in [3.63, 3.8) is 0 Å². The van der Waals surface area contributed by atoms with E-state index in [9.17, 15) is 4.79 Å². The van der Waals surface area contributed by atoms with Gasteiger partial charge in [0.15, 0.2) is 0 Å². The van der Waals surface area contributed by atoms with Crippen LogP contribution in [0.25, 0.3) is 17.2 Å². The van der Waals surface area contributed by atoms with E-state index in [1.165, 1.54) is 22.3 Å². The van der Waals surface area contributed by atoms with Crippen molar-refractivity contribution in [3.05, 3.63) is 88.5 Å². The topological polar surface area (TPSA) is 73.6 Å². The van der Waals surface area contributed by atoms with E-state index >= 15 is 0 Å². The number of methoxy groups -OCH3 is 1. The molecule has 0 saturated carbocycles. The summed E-state index contributed by atoms with van der Waals surface area (Å²) < 4.78 is 10.7. The van der Waals surface area contributed by atoms with Crippen LogP contribution in [0.5, 0.6) is 5.75 Å². The van der Waals surface area contributed by atoms with Gasteiger partial charge in [-0.2, -0.15) is 0 Å². The number of hydrogen-bond acceptors (Lipinski definition) is 4. The Labute approximate surface area is 186 Å².